The van der Waals surface area contributed by atoms with Gasteiger partial charge in [0.2, 0.25) is 0 Å². The third kappa shape index (κ3) is 4.23. The Kier molecular flexibility index (Phi) is 6.12. The topological polar surface area (TPSA) is 12.0 Å². The van der Waals surface area contributed by atoms with Gasteiger partial charge in [-0.25, -0.2) is 0 Å². The van der Waals surface area contributed by atoms with Gasteiger partial charge in [-0.3, -0.25) is 0 Å². The molecule has 2 rings (SSSR count). The van der Waals surface area contributed by atoms with Gasteiger partial charge >= 0.3 is 0 Å². The predicted octanol–water partition coefficient (Wildman–Crippen LogP) is 6.15. The maximum absolute atomic E-state index is 6.18. The molecular weight excluding hydrogens is 369 g/mol. The van der Waals surface area contributed by atoms with Gasteiger partial charge in [-0.1, -0.05) is 58.2 Å². The van der Waals surface area contributed by atoms with E-state index in [-0.39, 0.29) is 6.04 Å². The Morgan fingerprint density at radius 1 is 1.10 bits per heavy atom. The molecule has 21 heavy (non-hydrogen) atoms. The van der Waals surface area contributed by atoms with Crippen LogP contribution in [0.2, 0.25) is 10.0 Å². The zero-order chi connectivity index (χ0) is 15.4. The number of rotatable bonds is 5. The number of hydrogen-bond acceptors (Lipinski definition) is 1. The molecule has 2 aromatic carbocycles. The quantitative estimate of drug-likeness (QED) is 0.649. The lowest BCUT2D eigenvalue weighted by Gasteiger charge is -2.22. The van der Waals surface area contributed by atoms with Crippen molar-refractivity contribution in [3.63, 3.8) is 0 Å². The van der Waals surface area contributed by atoms with Crippen molar-refractivity contribution in [3.8, 4) is 0 Å². The Balaban J connectivity index is 2.44. The van der Waals surface area contributed by atoms with E-state index in [4.69, 9.17) is 23.2 Å². The van der Waals surface area contributed by atoms with Crippen LogP contribution >= 0.6 is 39.1 Å². The third-order valence-corrected chi connectivity index (χ3v) is 4.65. The average molecular weight is 387 g/mol. The minimum Gasteiger partial charge on any atom is -0.306 e. The van der Waals surface area contributed by atoms with Crippen LogP contribution in [0.3, 0.4) is 0 Å². The fourth-order valence-electron chi connectivity index (χ4n) is 2.35. The minimum atomic E-state index is 0.118. The van der Waals surface area contributed by atoms with Crippen LogP contribution in [0.15, 0.2) is 40.9 Å². The zero-order valence-electron chi connectivity index (χ0n) is 12.1. The van der Waals surface area contributed by atoms with Crippen LogP contribution in [0.1, 0.15) is 36.1 Å². The van der Waals surface area contributed by atoms with Gasteiger partial charge in [-0.2, -0.15) is 0 Å². The number of halogens is 3. The molecular formula is C17H18BrCl2N. The van der Waals surface area contributed by atoms with Crippen LogP contribution < -0.4 is 5.32 Å². The predicted molar refractivity (Wildman–Crippen MR) is 95.5 cm³/mol. The van der Waals surface area contributed by atoms with E-state index >= 15 is 0 Å². The molecule has 1 atom stereocenters. The van der Waals surface area contributed by atoms with Crippen molar-refractivity contribution in [2.45, 2.75) is 26.3 Å². The second kappa shape index (κ2) is 7.64. The van der Waals surface area contributed by atoms with Crippen LogP contribution in [-0.4, -0.2) is 6.54 Å². The monoisotopic (exact) mass is 385 g/mol. The lowest BCUT2D eigenvalue weighted by Crippen LogP contribution is -2.24. The number of nitrogens with one attached hydrogen (secondary N) is 1. The van der Waals surface area contributed by atoms with Crippen LogP contribution in [0.5, 0.6) is 0 Å². The van der Waals surface area contributed by atoms with Crippen molar-refractivity contribution in [1.82, 2.24) is 5.32 Å². The first-order valence-corrected chi connectivity index (χ1v) is 8.52. The summed E-state index contributed by atoms with van der Waals surface area (Å²) in [5.74, 6) is 0. The molecule has 0 saturated heterocycles. The van der Waals surface area contributed by atoms with Crippen LogP contribution in [0.4, 0.5) is 0 Å². The van der Waals surface area contributed by atoms with Gasteiger partial charge in [0.05, 0.1) is 16.1 Å². The molecule has 0 spiro atoms. The molecule has 0 amide bonds. The van der Waals surface area contributed by atoms with E-state index in [0.29, 0.717) is 10.0 Å². The highest BCUT2D eigenvalue weighted by Gasteiger charge is 2.16. The summed E-state index contributed by atoms with van der Waals surface area (Å²) in [6.45, 7) is 5.23. The Labute approximate surface area is 144 Å². The van der Waals surface area contributed by atoms with Crippen molar-refractivity contribution >= 4 is 39.1 Å². The molecule has 2 aromatic rings. The van der Waals surface area contributed by atoms with Gasteiger partial charge < -0.3 is 5.32 Å². The van der Waals surface area contributed by atoms with Crippen molar-refractivity contribution in [3.05, 3.63) is 67.6 Å². The highest BCUT2D eigenvalue weighted by molar-refractivity contribution is 9.10. The van der Waals surface area contributed by atoms with Gasteiger partial charge in [-0.05, 0) is 60.8 Å². The molecule has 0 radical (unpaired) electrons. The Morgan fingerprint density at radius 2 is 1.86 bits per heavy atom. The molecule has 1 unspecified atom stereocenters. The summed E-state index contributed by atoms with van der Waals surface area (Å²) in [6.07, 6.45) is 1.08. The zero-order valence-corrected chi connectivity index (χ0v) is 15.2. The Hall–Kier alpha value is -0.540. The van der Waals surface area contributed by atoms with Crippen molar-refractivity contribution in [2.24, 2.45) is 0 Å². The minimum absolute atomic E-state index is 0.118. The molecule has 1 nitrogen and oxygen atoms in total. The van der Waals surface area contributed by atoms with Crippen LogP contribution in [0, 0.1) is 6.92 Å². The molecule has 4 heteroatoms. The molecule has 0 saturated carbocycles. The number of benzene rings is 2. The molecule has 0 fully saturated rings. The van der Waals surface area contributed by atoms with Gasteiger partial charge in [0, 0.05) is 4.47 Å². The van der Waals surface area contributed by atoms with E-state index in [1.165, 1.54) is 11.1 Å². The molecule has 1 N–H and O–H groups in total. The highest BCUT2D eigenvalue weighted by atomic mass is 79.9. The van der Waals surface area contributed by atoms with E-state index in [0.717, 1.165) is 23.0 Å². The molecule has 112 valence electrons. The number of aryl methyl sites for hydroxylation is 1. The van der Waals surface area contributed by atoms with E-state index in [2.05, 4.69) is 53.3 Å². The normalized spacial score (nSPS) is 12.4. The van der Waals surface area contributed by atoms with Crippen molar-refractivity contribution in [2.75, 3.05) is 6.54 Å². The second-order valence-corrected chi connectivity index (χ2v) is 6.79. The lowest BCUT2D eigenvalue weighted by molar-refractivity contribution is 0.596. The fraction of sp³-hybridized carbons (Fsp3) is 0.294. The van der Waals surface area contributed by atoms with Crippen molar-refractivity contribution in [1.29, 1.82) is 0 Å². The van der Waals surface area contributed by atoms with Crippen LogP contribution in [0.25, 0.3) is 0 Å². The van der Waals surface area contributed by atoms with Crippen molar-refractivity contribution < 1.29 is 0 Å². The molecule has 0 heterocycles. The van der Waals surface area contributed by atoms with Gasteiger partial charge in [0.15, 0.2) is 0 Å². The summed E-state index contributed by atoms with van der Waals surface area (Å²) < 4.78 is 1.09. The fourth-order valence-corrected chi connectivity index (χ4v) is 3.13. The molecule has 0 bridgehead atoms. The average Bonchev–Trinajstić information content (AvgIpc) is 2.44. The lowest BCUT2D eigenvalue weighted by atomic mass is 9.95. The highest BCUT2D eigenvalue weighted by Crippen LogP contribution is 2.31. The van der Waals surface area contributed by atoms with Gasteiger partial charge in [0.25, 0.3) is 0 Å². The summed E-state index contributed by atoms with van der Waals surface area (Å²) in [7, 11) is 0. The van der Waals surface area contributed by atoms with E-state index in [9.17, 15) is 0 Å². The largest absolute Gasteiger partial charge is 0.306 e. The molecule has 0 aromatic heterocycles. The van der Waals surface area contributed by atoms with Crippen LogP contribution in [-0.2, 0) is 0 Å². The maximum atomic E-state index is 6.18. The summed E-state index contributed by atoms with van der Waals surface area (Å²) >= 11 is 15.7. The maximum Gasteiger partial charge on any atom is 0.0595 e. The Bertz CT molecular complexity index is 628. The second-order valence-electron chi connectivity index (χ2n) is 5.06. The summed E-state index contributed by atoms with van der Waals surface area (Å²) in [5.41, 5.74) is 3.62. The number of hydrogen-bond donors (Lipinski definition) is 1. The van der Waals surface area contributed by atoms with E-state index in [1.54, 1.807) is 0 Å². The van der Waals surface area contributed by atoms with E-state index in [1.807, 2.05) is 18.2 Å². The van der Waals surface area contributed by atoms with Gasteiger partial charge in [0.1, 0.15) is 0 Å². The first-order valence-electron chi connectivity index (χ1n) is 6.97. The van der Waals surface area contributed by atoms with E-state index < -0.39 is 0 Å². The molecule has 0 aliphatic heterocycles. The Morgan fingerprint density at radius 3 is 2.48 bits per heavy atom. The molecule has 0 aliphatic rings. The first-order chi connectivity index (χ1) is 10.0. The summed E-state index contributed by atoms with van der Waals surface area (Å²) in [4.78, 5) is 0. The first kappa shape index (κ1) is 16.8. The molecule has 0 aliphatic carbocycles. The summed E-state index contributed by atoms with van der Waals surface area (Å²) in [6, 6.07) is 12.3. The van der Waals surface area contributed by atoms with Gasteiger partial charge in [-0.15, -0.1) is 0 Å². The smallest absolute Gasteiger partial charge is 0.0595 e. The third-order valence-electron chi connectivity index (χ3n) is 3.42. The standard InChI is InChI=1S/C17H18BrCl2N/c1-3-8-21-17(12-4-7-15(19)16(20)10-12)14-6-5-13(18)9-11(14)2/h4-7,9-10,17,21H,3,8H2,1-2H3. The SMILES string of the molecule is CCCNC(c1ccc(Cl)c(Cl)c1)c1ccc(Br)cc1C. The summed E-state index contributed by atoms with van der Waals surface area (Å²) in [5, 5.41) is 4.77.